The molecule has 0 aliphatic heterocycles. The van der Waals surface area contributed by atoms with Crippen LogP contribution in [-0.4, -0.2) is 9.55 Å². The van der Waals surface area contributed by atoms with Crippen LogP contribution in [0.5, 0.6) is 0 Å². The van der Waals surface area contributed by atoms with Crippen LogP contribution in [0.3, 0.4) is 0 Å². The number of nitrogens with zero attached hydrogens (tertiary/aromatic N) is 2. The summed E-state index contributed by atoms with van der Waals surface area (Å²) in [7, 11) is 0. The molecule has 1 aromatic heterocycles. The topological polar surface area (TPSA) is 43.8 Å². The molecule has 4 heteroatoms. The van der Waals surface area contributed by atoms with Crippen LogP contribution in [0, 0.1) is 5.82 Å². The fourth-order valence-electron chi connectivity index (χ4n) is 1.99. The molecule has 3 nitrogen and oxygen atoms in total. The summed E-state index contributed by atoms with van der Waals surface area (Å²) >= 11 is 0. The summed E-state index contributed by atoms with van der Waals surface area (Å²) in [4.78, 5) is 4.31. The molecule has 2 N–H and O–H groups in total. The minimum absolute atomic E-state index is 0.143. The third-order valence-corrected chi connectivity index (χ3v) is 2.97. The molecule has 0 saturated carbocycles. The van der Waals surface area contributed by atoms with Gasteiger partial charge in [0.2, 0.25) is 0 Å². The highest BCUT2D eigenvalue weighted by Gasteiger charge is 2.09. The number of hydrogen-bond donors (Lipinski definition) is 1. The van der Waals surface area contributed by atoms with Gasteiger partial charge in [0, 0.05) is 31.4 Å². The molecule has 2 rings (SSSR count). The van der Waals surface area contributed by atoms with Gasteiger partial charge in [0.25, 0.3) is 0 Å². The maximum Gasteiger partial charge on any atom is 0.123 e. The SMILES string of the molecule is CCCc1nccn1CC(N)c1ccc(F)cc1. The summed E-state index contributed by atoms with van der Waals surface area (Å²) in [6, 6.07) is 6.20. The monoisotopic (exact) mass is 247 g/mol. The van der Waals surface area contributed by atoms with Crippen molar-refractivity contribution in [2.75, 3.05) is 0 Å². The number of aromatic nitrogens is 2. The quantitative estimate of drug-likeness (QED) is 0.882. The van der Waals surface area contributed by atoms with Gasteiger partial charge in [-0.2, -0.15) is 0 Å². The van der Waals surface area contributed by atoms with E-state index in [-0.39, 0.29) is 11.9 Å². The number of rotatable bonds is 5. The van der Waals surface area contributed by atoms with Gasteiger partial charge < -0.3 is 10.3 Å². The Morgan fingerprint density at radius 3 is 2.72 bits per heavy atom. The van der Waals surface area contributed by atoms with Crippen LogP contribution in [0.1, 0.15) is 30.8 Å². The lowest BCUT2D eigenvalue weighted by molar-refractivity contribution is 0.550. The molecule has 1 unspecified atom stereocenters. The molecule has 1 heterocycles. The molecule has 96 valence electrons. The Morgan fingerprint density at radius 1 is 1.33 bits per heavy atom. The van der Waals surface area contributed by atoms with Gasteiger partial charge in [-0.15, -0.1) is 0 Å². The maximum atomic E-state index is 12.8. The third kappa shape index (κ3) is 2.96. The number of nitrogens with two attached hydrogens (primary N) is 1. The van der Waals surface area contributed by atoms with Crippen molar-refractivity contribution in [2.45, 2.75) is 32.4 Å². The van der Waals surface area contributed by atoms with Crippen LogP contribution >= 0.6 is 0 Å². The molecule has 0 radical (unpaired) electrons. The van der Waals surface area contributed by atoms with E-state index in [0.29, 0.717) is 6.54 Å². The Bertz CT molecular complexity index is 490. The standard InChI is InChI=1S/C14H18FN3/c1-2-3-14-17-8-9-18(14)10-13(16)11-4-6-12(15)7-5-11/h4-9,13H,2-3,10,16H2,1H3. The van der Waals surface area contributed by atoms with Gasteiger partial charge in [-0.3, -0.25) is 0 Å². The number of aryl methyl sites for hydroxylation is 1. The third-order valence-electron chi connectivity index (χ3n) is 2.97. The van der Waals surface area contributed by atoms with E-state index in [1.807, 2.05) is 6.20 Å². The van der Waals surface area contributed by atoms with Crippen LogP contribution < -0.4 is 5.73 Å². The Kier molecular flexibility index (Phi) is 4.10. The van der Waals surface area contributed by atoms with Crippen molar-refractivity contribution in [3.05, 3.63) is 53.9 Å². The van der Waals surface area contributed by atoms with E-state index >= 15 is 0 Å². The average Bonchev–Trinajstić information content (AvgIpc) is 2.78. The van der Waals surface area contributed by atoms with Gasteiger partial charge >= 0.3 is 0 Å². The molecule has 1 aromatic carbocycles. The average molecular weight is 247 g/mol. The fourth-order valence-corrected chi connectivity index (χ4v) is 1.99. The zero-order valence-electron chi connectivity index (χ0n) is 10.5. The van der Waals surface area contributed by atoms with Gasteiger partial charge in [0.15, 0.2) is 0 Å². The summed E-state index contributed by atoms with van der Waals surface area (Å²) in [6.45, 7) is 2.79. The molecular formula is C14H18FN3. The smallest absolute Gasteiger partial charge is 0.123 e. The highest BCUT2D eigenvalue weighted by Crippen LogP contribution is 2.14. The van der Waals surface area contributed by atoms with Gasteiger partial charge in [0.05, 0.1) is 0 Å². The van der Waals surface area contributed by atoms with Gasteiger partial charge in [-0.25, -0.2) is 9.37 Å². The molecule has 0 bridgehead atoms. The zero-order valence-corrected chi connectivity index (χ0v) is 10.5. The zero-order chi connectivity index (χ0) is 13.0. The van der Waals surface area contributed by atoms with Crippen LogP contribution in [0.4, 0.5) is 4.39 Å². The largest absolute Gasteiger partial charge is 0.333 e. The highest BCUT2D eigenvalue weighted by atomic mass is 19.1. The molecule has 0 spiro atoms. The minimum atomic E-state index is -0.236. The molecule has 18 heavy (non-hydrogen) atoms. The van der Waals surface area contributed by atoms with Crippen LogP contribution in [0.2, 0.25) is 0 Å². The van der Waals surface area contributed by atoms with Crippen LogP contribution in [0.25, 0.3) is 0 Å². The number of halogens is 1. The van der Waals surface area contributed by atoms with Gasteiger partial charge in [-0.05, 0) is 24.1 Å². The highest BCUT2D eigenvalue weighted by molar-refractivity contribution is 5.19. The first-order chi connectivity index (χ1) is 8.70. The Balaban J connectivity index is 2.08. The summed E-state index contributed by atoms with van der Waals surface area (Å²) in [5.41, 5.74) is 7.07. The fraction of sp³-hybridized carbons (Fsp3) is 0.357. The first kappa shape index (κ1) is 12.8. The lowest BCUT2D eigenvalue weighted by Gasteiger charge is -2.14. The molecule has 2 aromatic rings. The first-order valence-corrected chi connectivity index (χ1v) is 6.21. The van der Waals surface area contributed by atoms with Crippen molar-refractivity contribution in [3.63, 3.8) is 0 Å². The van der Waals surface area contributed by atoms with E-state index in [9.17, 15) is 4.39 Å². The minimum Gasteiger partial charge on any atom is -0.333 e. The second kappa shape index (κ2) is 5.78. The van der Waals surface area contributed by atoms with Crippen LogP contribution in [-0.2, 0) is 13.0 Å². The van der Waals surface area contributed by atoms with Crippen molar-refractivity contribution in [1.29, 1.82) is 0 Å². The lowest BCUT2D eigenvalue weighted by atomic mass is 10.1. The first-order valence-electron chi connectivity index (χ1n) is 6.21. The van der Waals surface area contributed by atoms with E-state index in [2.05, 4.69) is 16.5 Å². The van der Waals surface area contributed by atoms with E-state index in [1.165, 1.54) is 12.1 Å². The van der Waals surface area contributed by atoms with Crippen LogP contribution in [0.15, 0.2) is 36.7 Å². The summed E-state index contributed by atoms with van der Waals surface area (Å²) < 4.78 is 14.9. The maximum absolute atomic E-state index is 12.8. The van der Waals surface area contributed by atoms with Crippen molar-refractivity contribution < 1.29 is 4.39 Å². The molecule has 0 aliphatic carbocycles. The van der Waals surface area contributed by atoms with E-state index in [4.69, 9.17) is 5.73 Å². The molecule has 0 amide bonds. The summed E-state index contributed by atoms with van der Waals surface area (Å²) in [6.07, 6.45) is 5.74. The molecule has 0 saturated heterocycles. The van der Waals surface area contributed by atoms with E-state index in [0.717, 1.165) is 24.2 Å². The van der Waals surface area contributed by atoms with Crippen molar-refractivity contribution in [3.8, 4) is 0 Å². The van der Waals surface area contributed by atoms with Crippen molar-refractivity contribution in [1.82, 2.24) is 9.55 Å². The number of hydrogen-bond acceptors (Lipinski definition) is 2. The Hall–Kier alpha value is -1.68. The van der Waals surface area contributed by atoms with Crippen molar-refractivity contribution in [2.24, 2.45) is 5.73 Å². The summed E-state index contributed by atoms with van der Waals surface area (Å²) in [5, 5.41) is 0. The number of benzene rings is 1. The summed E-state index contributed by atoms with van der Waals surface area (Å²) in [5.74, 6) is 0.815. The molecule has 0 fully saturated rings. The van der Waals surface area contributed by atoms with E-state index in [1.54, 1.807) is 18.3 Å². The lowest BCUT2D eigenvalue weighted by Crippen LogP contribution is -2.18. The second-order valence-electron chi connectivity index (χ2n) is 4.40. The normalized spacial score (nSPS) is 12.6. The molecule has 1 atom stereocenters. The Labute approximate surface area is 106 Å². The number of imidazole rings is 1. The predicted octanol–water partition coefficient (Wildman–Crippen LogP) is 2.67. The van der Waals surface area contributed by atoms with Crippen molar-refractivity contribution >= 4 is 0 Å². The molecular weight excluding hydrogens is 229 g/mol. The van der Waals surface area contributed by atoms with Gasteiger partial charge in [0.1, 0.15) is 11.6 Å². The van der Waals surface area contributed by atoms with E-state index < -0.39 is 0 Å². The van der Waals surface area contributed by atoms with Gasteiger partial charge in [-0.1, -0.05) is 19.1 Å². The molecule has 0 aliphatic rings. The second-order valence-corrected chi connectivity index (χ2v) is 4.40. The Morgan fingerprint density at radius 2 is 2.06 bits per heavy atom. The predicted molar refractivity (Wildman–Crippen MR) is 69.6 cm³/mol.